The number of aliphatic hydroxyl groups excluding tert-OH is 1. The summed E-state index contributed by atoms with van der Waals surface area (Å²) in [6.07, 6.45) is 2.16. The molecule has 2 N–H and O–H groups in total. The third-order valence-corrected chi connectivity index (χ3v) is 3.85. The number of anilines is 1. The van der Waals surface area contributed by atoms with Crippen LogP contribution in [0.1, 0.15) is 36.2 Å². The monoisotopic (exact) mass is 276 g/mol. The number of aryl methyl sites for hydroxylation is 1. The summed E-state index contributed by atoms with van der Waals surface area (Å²) in [6, 6.07) is 5.90. The summed E-state index contributed by atoms with van der Waals surface area (Å²) in [6.45, 7) is 5.45. The molecular formula is C16H24N2O2. The summed E-state index contributed by atoms with van der Waals surface area (Å²) in [7, 11) is 2.08. The highest BCUT2D eigenvalue weighted by molar-refractivity contribution is 5.95. The van der Waals surface area contributed by atoms with Gasteiger partial charge in [-0.05, 0) is 36.6 Å². The molecule has 0 saturated heterocycles. The van der Waals surface area contributed by atoms with Crippen LogP contribution in [0.15, 0.2) is 18.2 Å². The van der Waals surface area contributed by atoms with Gasteiger partial charge in [0.25, 0.3) is 5.91 Å². The van der Waals surface area contributed by atoms with Crippen molar-refractivity contribution < 1.29 is 9.90 Å². The number of nitrogens with one attached hydrogen (secondary N) is 1. The summed E-state index contributed by atoms with van der Waals surface area (Å²) in [5.74, 6) is -0.0671. The van der Waals surface area contributed by atoms with E-state index in [9.17, 15) is 9.90 Å². The Morgan fingerprint density at radius 3 is 2.90 bits per heavy atom. The minimum Gasteiger partial charge on any atom is -0.396 e. The Kier molecular flexibility index (Phi) is 4.33. The molecule has 4 heteroatoms. The summed E-state index contributed by atoms with van der Waals surface area (Å²) in [5.41, 5.74) is 2.88. The van der Waals surface area contributed by atoms with Crippen molar-refractivity contribution in [3.05, 3.63) is 29.3 Å². The SMILES string of the molecule is CN1CCCc2cc(C(=O)NCC(C)(C)CO)ccc21. The second-order valence-electron chi connectivity index (χ2n) is 6.37. The van der Waals surface area contributed by atoms with Gasteiger partial charge in [0.1, 0.15) is 0 Å². The first-order chi connectivity index (χ1) is 9.43. The number of aliphatic hydroxyl groups is 1. The van der Waals surface area contributed by atoms with Gasteiger partial charge in [-0.3, -0.25) is 4.79 Å². The van der Waals surface area contributed by atoms with Crippen molar-refractivity contribution in [2.45, 2.75) is 26.7 Å². The number of hydrogen-bond acceptors (Lipinski definition) is 3. The highest BCUT2D eigenvalue weighted by Gasteiger charge is 2.19. The molecule has 0 saturated carbocycles. The molecular weight excluding hydrogens is 252 g/mol. The molecule has 20 heavy (non-hydrogen) atoms. The Balaban J connectivity index is 2.08. The van der Waals surface area contributed by atoms with Gasteiger partial charge >= 0.3 is 0 Å². The maximum atomic E-state index is 12.2. The van der Waals surface area contributed by atoms with E-state index in [0.717, 1.165) is 19.4 Å². The van der Waals surface area contributed by atoms with Crippen LogP contribution in [0.25, 0.3) is 0 Å². The Labute approximate surface area is 120 Å². The fourth-order valence-corrected chi connectivity index (χ4v) is 2.40. The van der Waals surface area contributed by atoms with E-state index in [1.165, 1.54) is 11.3 Å². The van der Waals surface area contributed by atoms with Gasteiger partial charge in [0, 0.05) is 43.4 Å². The van der Waals surface area contributed by atoms with Crippen LogP contribution in [-0.4, -0.2) is 37.8 Å². The van der Waals surface area contributed by atoms with Gasteiger partial charge in [-0.2, -0.15) is 0 Å². The Morgan fingerprint density at radius 2 is 2.20 bits per heavy atom. The van der Waals surface area contributed by atoms with Gasteiger partial charge in [-0.1, -0.05) is 13.8 Å². The molecule has 1 amide bonds. The molecule has 0 spiro atoms. The van der Waals surface area contributed by atoms with E-state index in [4.69, 9.17) is 0 Å². The predicted molar refractivity (Wildman–Crippen MR) is 81.2 cm³/mol. The molecule has 2 rings (SSSR count). The van der Waals surface area contributed by atoms with Gasteiger partial charge in [-0.25, -0.2) is 0 Å². The van der Waals surface area contributed by atoms with Crippen LogP contribution in [0, 0.1) is 5.41 Å². The van der Waals surface area contributed by atoms with Gasteiger partial charge in [0.05, 0.1) is 0 Å². The molecule has 0 aliphatic carbocycles. The molecule has 1 aliphatic heterocycles. The standard InChI is InChI=1S/C16H24N2O2/c1-16(2,11-19)10-17-15(20)13-6-7-14-12(9-13)5-4-8-18(14)3/h6-7,9,19H,4-5,8,10-11H2,1-3H3,(H,17,20). The van der Waals surface area contributed by atoms with Crippen LogP contribution in [0.4, 0.5) is 5.69 Å². The smallest absolute Gasteiger partial charge is 0.251 e. The maximum absolute atomic E-state index is 12.2. The van der Waals surface area contributed by atoms with Crippen LogP contribution in [0.3, 0.4) is 0 Å². The van der Waals surface area contributed by atoms with E-state index in [1.807, 2.05) is 32.0 Å². The Hall–Kier alpha value is -1.55. The Bertz CT molecular complexity index is 497. The second kappa shape index (κ2) is 5.83. The molecule has 0 bridgehead atoms. The third-order valence-electron chi connectivity index (χ3n) is 3.85. The van der Waals surface area contributed by atoms with Crippen molar-refractivity contribution in [3.63, 3.8) is 0 Å². The number of amides is 1. The summed E-state index contributed by atoms with van der Waals surface area (Å²) >= 11 is 0. The zero-order valence-corrected chi connectivity index (χ0v) is 12.6. The van der Waals surface area contributed by atoms with E-state index in [1.54, 1.807) is 0 Å². The molecule has 110 valence electrons. The van der Waals surface area contributed by atoms with Crippen molar-refractivity contribution in [2.24, 2.45) is 5.41 Å². The average Bonchev–Trinajstić information content (AvgIpc) is 2.45. The lowest BCUT2D eigenvalue weighted by Gasteiger charge is -2.28. The van der Waals surface area contributed by atoms with Gasteiger partial charge < -0.3 is 15.3 Å². The minimum absolute atomic E-state index is 0.0578. The van der Waals surface area contributed by atoms with Gasteiger partial charge in [-0.15, -0.1) is 0 Å². The lowest BCUT2D eigenvalue weighted by atomic mass is 9.94. The van der Waals surface area contributed by atoms with Crippen molar-refractivity contribution in [2.75, 3.05) is 31.6 Å². The van der Waals surface area contributed by atoms with Crippen LogP contribution in [-0.2, 0) is 6.42 Å². The van der Waals surface area contributed by atoms with Crippen molar-refractivity contribution in [1.82, 2.24) is 5.32 Å². The maximum Gasteiger partial charge on any atom is 0.251 e. The number of fused-ring (bicyclic) bond motifs is 1. The zero-order valence-electron chi connectivity index (χ0n) is 12.6. The topological polar surface area (TPSA) is 52.6 Å². The molecule has 0 aromatic heterocycles. The lowest BCUT2D eigenvalue weighted by molar-refractivity contribution is 0.0911. The quantitative estimate of drug-likeness (QED) is 0.882. The lowest BCUT2D eigenvalue weighted by Crippen LogP contribution is -2.36. The van der Waals surface area contributed by atoms with Gasteiger partial charge in [0.15, 0.2) is 0 Å². The first-order valence-corrected chi connectivity index (χ1v) is 7.16. The molecule has 0 atom stereocenters. The van der Waals surface area contributed by atoms with Crippen LogP contribution < -0.4 is 10.2 Å². The second-order valence-corrected chi connectivity index (χ2v) is 6.37. The van der Waals surface area contributed by atoms with E-state index in [-0.39, 0.29) is 17.9 Å². The molecule has 4 nitrogen and oxygen atoms in total. The fraction of sp³-hybridized carbons (Fsp3) is 0.562. The number of carbonyl (C=O) groups is 1. The summed E-state index contributed by atoms with van der Waals surface area (Å²) in [5, 5.41) is 12.1. The van der Waals surface area contributed by atoms with Gasteiger partial charge in [0.2, 0.25) is 0 Å². The summed E-state index contributed by atoms with van der Waals surface area (Å²) < 4.78 is 0. The Morgan fingerprint density at radius 1 is 1.45 bits per heavy atom. The number of nitrogens with zero attached hydrogens (tertiary/aromatic N) is 1. The molecule has 1 aliphatic rings. The van der Waals surface area contributed by atoms with Crippen LogP contribution >= 0.6 is 0 Å². The van der Waals surface area contributed by atoms with Crippen LogP contribution in [0.2, 0.25) is 0 Å². The van der Waals surface area contributed by atoms with E-state index in [0.29, 0.717) is 12.1 Å². The average molecular weight is 276 g/mol. The minimum atomic E-state index is -0.288. The largest absolute Gasteiger partial charge is 0.396 e. The normalized spacial score (nSPS) is 14.9. The van der Waals surface area contributed by atoms with Crippen LogP contribution in [0.5, 0.6) is 0 Å². The highest BCUT2D eigenvalue weighted by Crippen LogP contribution is 2.26. The number of carbonyl (C=O) groups excluding carboxylic acids is 1. The number of benzene rings is 1. The van der Waals surface area contributed by atoms with Crippen molar-refractivity contribution >= 4 is 11.6 Å². The predicted octanol–water partition coefficient (Wildman–Crippen LogP) is 1.82. The molecule has 0 fully saturated rings. The molecule has 1 aromatic carbocycles. The van der Waals surface area contributed by atoms with Crippen molar-refractivity contribution in [3.8, 4) is 0 Å². The highest BCUT2D eigenvalue weighted by atomic mass is 16.3. The zero-order chi connectivity index (χ0) is 14.8. The molecule has 0 radical (unpaired) electrons. The molecule has 1 aromatic rings. The first kappa shape index (κ1) is 14.9. The fourth-order valence-electron chi connectivity index (χ4n) is 2.40. The van der Waals surface area contributed by atoms with E-state index < -0.39 is 0 Å². The van der Waals surface area contributed by atoms with Crippen molar-refractivity contribution in [1.29, 1.82) is 0 Å². The van der Waals surface area contributed by atoms with E-state index in [2.05, 4.69) is 17.3 Å². The number of rotatable bonds is 4. The third kappa shape index (κ3) is 3.31. The first-order valence-electron chi connectivity index (χ1n) is 7.16. The molecule has 0 unspecified atom stereocenters. The van der Waals surface area contributed by atoms with E-state index >= 15 is 0 Å². The summed E-state index contributed by atoms with van der Waals surface area (Å²) in [4.78, 5) is 14.4. The number of hydrogen-bond donors (Lipinski definition) is 2. The molecule has 1 heterocycles.